The van der Waals surface area contributed by atoms with Crippen LogP contribution in [0.2, 0.25) is 0 Å². The number of thiophene rings is 1. The predicted octanol–water partition coefficient (Wildman–Crippen LogP) is 0.688. The molecule has 0 aromatic carbocycles. The Morgan fingerprint density at radius 1 is 1.55 bits per heavy atom. The summed E-state index contributed by atoms with van der Waals surface area (Å²) in [4.78, 5) is 26.0. The van der Waals surface area contributed by atoms with Gasteiger partial charge < -0.3 is 15.3 Å². The van der Waals surface area contributed by atoms with Gasteiger partial charge in [-0.3, -0.25) is 9.59 Å². The minimum absolute atomic E-state index is 0.139. The summed E-state index contributed by atoms with van der Waals surface area (Å²) in [7, 11) is 1.69. The first-order valence-electron chi connectivity index (χ1n) is 6.24. The van der Waals surface area contributed by atoms with Gasteiger partial charge in [-0.1, -0.05) is 11.8 Å². The van der Waals surface area contributed by atoms with Crippen LogP contribution in [0.15, 0.2) is 11.4 Å². The number of aliphatic hydroxyl groups excluding tert-OH is 1. The molecule has 108 valence electrons. The molecule has 1 rings (SSSR count). The van der Waals surface area contributed by atoms with Crippen LogP contribution in [-0.2, 0) is 4.79 Å². The topological polar surface area (TPSA) is 69.6 Å². The van der Waals surface area contributed by atoms with Crippen molar-refractivity contribution in [3.8, 4) is 11.8 Å². The van der Waals surface area contributed by atoms with E-state index in [1.165, 1.54) is 11.3 Å². The van der Waals surface area contributed by atoms with Crippen LogP contribution in [0.25, 0.3) is 0 Å². The van der Waals surface area contributed by atoms with Crippen molar-refractivity contribution in [1.29, 1.82) is 0 Å². The Hall–Kier alpha value is -1.84. The SMILES string of the molecule is CCN(C)C(=O)C(C)NC(=O)c1sccc1C#CCO. The molecule has 2 N–H and O–H groups in total. The number of aliphatic hydroxyl groups is 1. The summed E-state index contributed by atoms with van der Waals surface area (Å²) >= 11 is 1.25. The molecule has 0 aliphatic rings. The second kappa shape index (κ2) is 7.68. The van der Waals surface area contributed by atoms with Crippen LogP contribution in [0, 0.1) is 11.8 Å². The number of amides is 2. The second-order valence-corrected chi connectivity index (χ2v) is 5.09. The third-order valence-corrected chi connectivity index (χ3v) is 3.66. The van der Waals surface area contributed by atoms with E-state index in [2.05, 4.69) is 17.2 Å². The van der Waals surface area contributed by atoms with Gasteiger partial charge in [0.25, 0.3) is 5.91 Å². The highest BCUT2D eigenvalue weighted by Gasteiger charge is 2.20. The zero-order valence-corrected chi connectivity index (χ0v) is 12.6. The lowest BCUT2D eigenvalue weighted by Crippen LogP contribution is -2.45. The lowest BCUT2D eigenvalue weighted by molar-refractivity contribution is -0.131. The average molecular weight is 294 g/mol. The molecule has 0 saturated carbocycles. The molecule has 0 spiro atoms. The van der Waals surface area contributed by atoms with E-state index >= 15 is 0 Å². The molecule has 6 heteroatoms. The molecule has 1 aromatic heterocycles. The van der Waals surface area contributed by atoms with Crippen LogP contribution in [0.1, 0.15) is 29.1 Å². The quantitative estimate of drug-likeness (QED) is 0.803. The predicted molar refractivity (Wildman–Crippen MR) is 78.5 cm³/mol. The van der Waals surface area contributed by atoms with Crippen molar-refractivity contribution in [2.24, 2.45) is 0 Å². The maximum Gasteiger partial charge on any atom is 0.263 e. The molecule has 20 heavy (non-hydrogen) atoms. The normalized spacial score (nSPS) is 11.2. The van der Waals surface area contributed by atoms with E-state index in [0.29, 0.717) is 17.0 Å². The Bertz CT molecular complexity index is 542. The van der Waals surface area contributed by atoms with Gasteiger partial charge in [0.05, 0.1) is 0 Å². The van der Waals surface area contributed by atoms with E-state index in [4.69, 9.17) is 5.11 Å². The number of nitrogens with one attached hydrogen (secondary N) is 1. The van der Waals surface area contributed by atoms with Gasteiger partial charge in [-0.2, -0.15) is 0 Å². The summed E-state index contributed by atoms with van der Waals surface area (Å²) in [6, 6.07) is 1.13. The van der Waals surface area contributed by atoms with Gasteiger partial charge >= 0.3 is 0 Å². The van der Waals surface area contributed by atoms with Crippen LogP contribution >= 0.6 is 11.3 Å². The first kappa shape index (κ1) is 16.2. The zero-order chi connectivity index (χ0) is 15.1. The summed E-state index contributed by atoms with van der Waals surface area (Å²) in [5.41, 5.74) is 0.560. The standard InChI is InChI=1S/C14H18N2O3S/c1-4-16(3)14(19)10(2)15-13(18)12-11(6-5-8-17)7-9-20-12/h7,9-10,17H,4,8H2,1-3H3,(H,15,18). The maximum atomic E-state index is 12.1. The number of hydrogen-bond acceptors (Lipinski definition) is 4. The fourth-order valence-corrected chi connectivity index (χ4v) is 2.28. The first-order valence-corrected chi connectivity index (χ1v) is 7.12. The smallest absolute Gasteiger partial charge is 0.263 e. The number of likely N-dealkylation sites (N-methyl/N-ethyl adjacent to an activating group) is 1. The molecular weight excluding hydrogens is 276 g/mol. The second-order valence-electron chi connectivity index (χ2n) is 4.17. The van der Waals surface area contributed by atoms with Gasteiger partial charge in [0.15, 0.2) is 0 Å². The third-order valence-electron chi connectivity index (χ3n) is 2.74. The highest BCUT2D eigenvalue weighted by Crippen LogP contribution is 2.15. The molecule has 0 bridgehead atoms. The molecular formula is C14H18N2O3S. The lowest BCUT2D eigenvalue weighted by Gasteiger charge is -2.20. The van der Waals surface area contributed by atoms with Crippen molar-refractivity contribution in [2.75, 3.05) is 20.2 Å². The van der Waals surface area contributed by atoms with E-state index in [1.54, 1.807) is 30.3 Å². The molecule has 1 atom stereocenters. The molecule has 1 unspecified atom stereocenters. The minimum Gasteiger partial charge on any atom is -0.384 e. The molecule has 0 aliphatic carbocycles. The number of hydrogen-bond donors (Lipinski definition) is 2. The fraction of sp³-hybridized carbons (Fsp3) is 0.429. The summed E-state index contributed by atoms with van der Waals surface area (Å²) in [5.74, 6) is 4.76. The number of rotatable bonds is 4. The van der Waals surface area contributed by atoms with Crippen molar-refractivity contribution in [1.82, 2.24) is 10.2 Å². The van der Waals surface area contributed by atoms with E-state index in [-0.39, 0.29) is 18.4 Å². The Morgan fingerprint density at radius 3 is 2.85 bits per heavy atom. The van der Waals surface area contributed by atoms with Crippen LogP contribution in [0.4, 0.5) is 0 Å². The Balaban J connectivity index is 2.77. The monoisotopic (exact) mass is 294 g/mol. The van der Waals surface area contributed by atoms with Gasteiger partial charge in [-0.25, -0.2) is 0 Å². The third kappa shape index (κ3) is 4.08. The van der Waals surface area contributed by atoms with Gasteiger partial charge in [0.2, 0.25) is 5.91 Å². The molecule has 0 saturated heterocycles. The Morgan fingerprint density at radius 2 is 2.25 bits per heavy atom. The lowest BCUT2D eigenvalue weighted by atomic mass is 10.2. The molecule has 0 radical (unpaired) electrons. The van der Waals surface area contributed by atoms with Gasteiger partial charge in [0.1, 0.15) is 17.5 Å². The minimum atomic E-state index is -0.590. The molecule has 0 aliphatic heterocycles. The fourth-order valence-electron chi connectivity index (χ4n) is 1.53. The first-order chi connectivity index (χ1) is 9.51. The van der Waals surface area contributed by atoms with Crippen LogP contribution < -0.4 is 5.32 Å². The molecule has 2 amide bonds. The number of nitrogens with zero attached hydrogens (tertiary/aromatic N) is 1. The van der Waals surface area contributed by atoms with Crippen molar-refractivity contribution in [2.45, 2.75) is 19.9 Å². The Kier molecular flexibility index (Phi) is 6.22. The number of carbonyl (C=O) groups is 2. The highest BCUT2D eigenvalue weighted by molar-refractivity contribution is 7.12. The molecule has 1 aromatic rings. The van der Waals surface area contributed by atoms with Gasteiger partial charge in [-0.15, -0.1) is 11.3 Å². The van der Waals surface area contributed by atoms with Gasteiger partial charge in [-0.05, 0) is 25.3 Å². The summed E-state index contributed by atoms with van der Waals surface area (Å²) in [6.45, 7) is 3.85. The van der Waals surface area contributed by atoms with Crippen molar-refractivity contribution in [3.63, 3.8) is 0 Å². The van der Waals surface area contributed by atoms with E-state index < -0.39 is 6.04 Å². The van der Waals surface area contributed by atoms with E-state index in [0.717, 1.165) is 0 Å². The highest BCUT2D eigenvalue weighted by atomic mass is 32.1. The van der Waals surface area contributed by atoms with Crippen LogP contribution in [-0.4, -0.2) is 48.1 Å². The molecule has 5 nitrogen and oxygen atoms in total. The van der Waals surface area contributed by atoms with Crippen LogP contribution in [0.3, 0.4) is 0 Å². The van der Waals surface area contributed by atoms with Crippen molar-refractivity contribution in [3.05, 3.63) is 21.9 Å². The Labute approximate surface area is 122 Å². The maximum absolute atomic E-state index is 12.1. The van der Waals surface area contributed by atoms with E-state index in [9.17, 15) is 9.59 Å². The largest absolute Gasteiger partial charge is 0.384 e. The molecule has 1 heterocycles. The van der Waals surface area contributed by atoms with Crippen molar-refractivity contribution < 1.29 is 14.7 Å². The van der Waals surface area contributed by atoms with Gasteiger partial charge in [0, 0.05) is 19.2 Å². The molecule has 0 fully saturated rings. The number of carbonyl (C=O) groups excluding carboxylic acids is 2. The summed E-state index contributed by atoms with van der Waals surface area (Å²) < 4.78 is 0. The summed E-state index contributed by atoms with van der Waals surface area (Å²) in [5, 5.41) is 13.1. The van der Waals surface area contributed by atoms with E-state index in [1.807, 2.05) is 6.92 Å². The average Bonchev–Trinajstić information content (AvgIpc) is 2.91. The van der Waals surface area contributed by atoms with Crippen LogP contribution in [0.5, 0.6) is 0 Å². The summed E-state index contributed by atoms with van der Waals surface area (Å²) in [6.07, 6.45) is 0. The van der Waals surface area contributed by atoms with Crippen molar-refractivity contribution >= 4 is 23.2 Å². The zero-order valence-electron chi connectivity index (χ0n) is 11.8.